The van der Waals surface area contributed by atoms with E-state index in [2.05, 4.69) is 25.7 Å². The van der Waals surface area contributed by atoms with Gasteiger partial charge in [0.2, 0.25) is 0 Å². The molecule has 0 bridgehead atoms. The van der Waals surface area contributed by atoms with E-state index in [1.165, 1.54) is 0 Å². The molecule has 0 atom stereocenters. The molecule has 0 amide bonds. The number of piperazine rings is 1. The highest BCUT2D eigenvalue weighted by molar-refractivity contribution is 5.63. The molecule has 3 rings (SSSR count). The Hall–Kier alpha value is -1.90. The Morgan fingerprint density at radius 2 is 2.20 bits per heavy atom. The molecule has 0 saturated carbocycles. The molecular formula is C15H19N5. The van der Waals surface area contributed by atoms with Crippen molar-refractivity contribution in [3.8, 4) is 6.07 Å². The van der Waals surface area contributed by atoms with E-state index in [0.717, 1.165) is 56.0 Å². The van der Waals surface area contributed by atoms with Gasteiger partial charge in [-0.2, -0.15) is 5.26 Å². The van der Waals surface area contributed by atoms with Gasteiger partial charge in [-0.25, -0.2) is 4.98 Å². The topological polar surface area (TPSA) is 56.4 Å². The Labute approximate surface area is 118 Å². The second-order valence-electron chi connectivity index (χ2n) is 5.24. The Morgan fingerprint density at radius 3 is 2.95 bits per heavy atom. The first-order chi connectivity index (χ1) is 9.79. The number of fused-ring (bicyclic) bond motifs is 1. The van der Waals surface area contributed by atoms with E-state index >= 15 is 0 Å². The maximum atomic E-state index is 9.25. The highest BCUT2D eigenvalue weighted by Gasteiger charge is 2.14. The summed E-state index contributed by atoms with van der Waals surface area (Å²) in [6, 6.07) is 6.25. The third-order valence-electron chi connectivity index (χ3n) is 3.91. The Bertz CT molecular complexity index is 646. The van der Waals surface area contributed by atoms with Gasteiger partial charge in [0.05, 0.1) is 5.52 Å². The van der Waals surface area contributed by atoms with Gasteiger partial charge in [-0.3, -0.25) is 0 Å². The predicted molar refractivity (Wildman–Crippen MR) is 77.7 cm³/mol. The second-order valence-corrected chi connectivity index (χ2v) is 5.24. The van der Waals surface area contributed by atoms with Crippen LogP contribution < -0.4 is 5.32 Å². The van der Waals surface area contributed by atoms with E-state index in [0.29, 0.717) is 5.69 Å². The first kappa shape index (κ1) is 13.1. The maximum absolute atomic E-state index is 9.25. The summed E-state index contributed by atoms with van der Waals surface area (Å²) >= 11 is 0. The number of aromatic nitrogens is 2. The normalized spacial score (nSPS) is 16.4. The van der Waals surface area contributed by atoms with Crippen molar-refractivity contribution in [2.75, 3.05) is 32.7 Å². The molecule has 1 fully saturated rings. The zero-order valence-corrected chi connectivity index (χ0v) is 11.8. The molecular weight excluding hydrogens is 250 g/mol. The van der Waals surface area contributed by atoms with Crippen LogP contribution in [0.3, 0.4) is 0 Å². The molecule has 5 heteroatoms. The number of nitrogens with one attached hydrogen (secondary N) is 1. The minimum atomic E-state index is 0.540. The molecule has 104 valence electrons. The Kier molecular flexibility index (Phi) is 3.68. The van der Waals surface area contributed by atoms with Crippen molar-refractivity contribution in [2.24, 2.45) is 0 Å². The van der Waals surface area contributed by atoms with Crippen molar-refractivity contribution in [1.29, 1.82) is 5.26 Å². The predicted octanol–water partition coefficient (Wildman–Crippen LogP) is 0.962. The number of hydrogen-bond acceptors (Lipinski definition) is 4. The van der Waals surface area contributed by atoms with E-state index in [-0.39, 0.29) is 0 Å². The lowest BCUT2D eigenvalue weighted by atomic mass is 10.2. The van der Waals surface area contributed by atoms with Crippen LogP contribution in [-0.2, 0) is 6.42 Å². The lowest BCUT2D eigenvalue weighted by Crippen LogP contribution is -2.44. The van der Waals surface area contributed by atoms with Crippen molar-refractivity contribution in [3.05, 3.63) is 35.4 Å². The molecule has 1 N–H and O–H groups in total. The van der Waals surface area contributed by atoms with Crippen LogP contribution in [-0.4, -0.2) is 47.0 Å². The van der Waals surface area contributed by atoms with Gasteiger partial charge in [0.25, 0.3) is 0 Å². The molecule has 1 aliphatic heterocycles. The fourth-order valence-electron chi connectivity index (χ4n) is 2.82. The molecule has 1 aliphatic rings. The molecule has 0 aromatic carbocycles. The fraction of sp³-hybridized carbons (Fsp3) is 0.467. The summed E-state index contributed by atoms with van der Waals surface area (Å²) in [7, 11) is 0. The summed E-state index contributed by atoms with van der Waals surface area (Å²) in [5.41, 5.74) is 2.59. The van der Waals surface area contributed by atoms with Crippen LogP contribution in [0.2, 0.25) is 0 Å². The number of rotatable bonds is 3. The minimum Gasteiger partial charge on any atom is -0.314 e. The number of nitriles is 1. The number of aryl methyl sites for hydroxylation is 1. The van der Waals surface area contributed by atoms with Crippen molar-refractivity contribution >= 4 is 5.52 Å². The molecule has 5 nitrogen and oxygen atoms in total. The van der Waals surface area contributed by atoms with Crippen molar-refractivity contribution in [1.82, 2.24) is 19.6 Å². The molecule has 2 aromatic rings. The first-order valence-electron chi connectivity index (χ1n) is 7.09. The average molecular weight is 269 g/mol. The molecule has 20 heavy (non-hydrogen) atoms. The molecule has 2 aromatic heterocycles. The molecule has 0 aliphatic carbocycles. The van der Waals surface area contributed by atoms with Gasteiger partial charge in [-0.1, -0.05) is 6.07 Å². The van der Waals surface area contributed by atoms with E-state index in [1.54, 1.807) is 0 Å². The third-order valence-corrected chi connectivity index (χ3v) is 3.91. The van der Waals surface area contributed by atoms with Gasteiger partial charge in [0, 0.05) is 45.3 Å². The SMILES string of the molecule is Cc1cccn2c(CCN3CCNCC3)nc(C#N)c12. The second kappa shape index (κ2) is 5.61. The Morgan fingerprint density at radius 1 is 1.40 bits per heavy atom. The fourth-order valence-corrected chi connectivity index (χ4v) is 2.82. The van der Waals surface area contributed by atoms with E-state index in [9.17, 15) is 5.26 Å². The van der Waals surface area contributed by atoms with Crippen LogP contribution in [0.15, 0.2) is 18.3 Å². The van der Waals surface area contributed by atoms with E-state index < -0.39 is 0 Å². The number of hydrogen-bond donors (Lipinski definition) is 1. The summed E-state index contributed by atoms with van der Waals surface area (Å²) in [6.07, 6.45) is 2.88. The summed E-state index contributed by atoms with van der Waals surface area (Å²) in [5, 5.41) is 12.6. The first-order valence-corrected chi connectivity index (χ1v) is 7.09. The Balaban J connectivity index is 1.84. The number of imidazole rings is 1. The molecule has 0 unspecified atom stereocenters. The van der Waals surface area contributed by atoms with Gasteiger partial charge in [-0.05, 0) is 18.6 Å². The molecule has 1 saturated heterocycles. The van der Waals surface area contributed by atoms with Crippen molar-refractivity contribution in [2.45, 2.75) is 13.3 Å². The molecule has 3 heterocycles. The maximum Gasteiger partial charge on any atom is 0.166 e. The summed E-state index contributed by atoms with van der Waals surface area (Å²) in [6.45, 7) is 7.33. The average Bonchev–Trinajstić information content (AvgIpc) is 2.86. The van der Waals surface area contributed by atoms with Gasteiger partial charge in [-0.15, -0.1) is 0 Å². The van der Waals surface area contributed by atoms with Crippen LogP contribution in [0.25, 0.3) is 5.52 Å². The van der Waals surface area contributed by atoms with Crippen LogP contribution >= 0.6 is 0 Å². The molecule has 0 spiro atoms. The van der Waals surface area contributed by atoms with Crippen molar-refractivity contribution in [3.63, 3.8) is 0 Å². The van der Waals surface area contributed by atoms with Crippen molar-refractivity contribution < 1.29 is 0 Å². The number of nitrogens with zero attached hydrogens (tertiary/aromatic N) is 4. The van der Waals surface area contributed by atoms with Gasteiger partial charge < -0.3 is 14.6 Å². The van der Waals surface area contributed by atoms with Crippen LogP contribution in [0.1, 0.15) is 17.1 Å². The largest absolute Gasteiger partial charge is 0.314 e. The van der Waals surface area contributed by atoms with Gasteiger partial charge in [0.1, 0.15) is 11.9 Å². The zero-order valence-electron chi connectivity index (χ0n) is 11.8. The lowest BCUT2D eigenvalue weighted by Gasteiger charge is -2.26. The highest BCUT2D eigenvalue weighted by atomic mass is 15.2. The van der Waals surface area contributed by atoms with Crippen LogP contribution in [0.4, 0.5) is 0 Å². The lowest BCUT2D eigenvalue weighted by molar-refractivity contribution is 0.242. The van der Waals surface area contributed by atoms with Crippen LogP contribution in [0.5, 0.6) is 0 Å². The smallest absolute Gasteiger partial charge is 0.166 e. The standard InChI is InChI=1S/C15H19N5/c1-12-3-2-7-20-14(18-13(11-16)15(12)20)4-8-19-9-5-17-6-10-19/h2-3,7,17H,4-6,8-10H2,1H3. The van der Waals surface area contributed by atoms with Crippen LogP contribution in [0, 0.1) is 18.3 Å². The summed E-state index contributed by atoms with van der Waals surface area (Å²) in [4.78, 5) is 6.96. The molecule has 0 radical (unpaired) electrons. The van der Waals surface area contributed by atoms with Gasteiger partial charge >= 0.3 is 0 Å². The zero-order chi connectivity index (χ0) is 13.9. The van der Waals surface area contributed by atoms with E-state index in [4.69, 9.17) is 0 Å². The summed E-state index contributed by atoms with van der Waals surface area (Å²) in [5.74, 6) is 0.985. The summed E-state index contributed by atoms with van der Waals surface area (Å²) < 4.78 is 2.07. The third kappa shape index (κ3) is 2.40. The van der Waals surface area contributed by atoms with E-state index in [1.807, 2.05) is 25.3 Å². The number of pyridine rings is 1. The van der Waals surface area contributed by atoms with Gasteiger partial charge in [0.15, 0.2) is 5.69 Å². The highest BCUT2D eigenvalue weighted by Crippen LogP contribution is 2.17. The quantitative estimate of drug-likeness (QED) is 0.902. The monoisotopic (exact) mass is 269 g/mol. The minimum absolute atomic E-state index is 0.540.